The van der Waals surface area contributed by atoms with Crippen LogP contribution in [-0.2, 0) is 9.53 Å². The largest absolute Gasteiger partial charge is 0.378 e. The van der Waals surface area contributed by atoms with Gasteiger partial charge in [-0.25, -0.2) is 4.98 Å². The van der Waals surface area contributed by atoms with Gasteiger partial charge in [-0.1, -0.05) is 0 Å². The van der Waals surface area contributed by atoms with Gasteiger partial charge in [0.05, 0.1) is 24.2 Å². The average molecular weight is 441 g/mol. The van der Waals surface area contributed by atoms with Crippen LogP contribution >= 0.6 is 0 Å². The second-order valence-corrected chi connectivity index (χ2v) is 7.76. The lowest BCUT2D eigenvalue weighted by atomic mass is 10.2. The molecule has 1 saturated heterocycles. The van der Waals surface area contributed by atoms with Crippen molar-refractivity contribution in [3.8, 4) is 11.4 Å². The number of nitrogens with one attached hydrogen (secondary N) is 3. The van der Waals surface area contributed by atoms with Gasteiger partial charge < -0.3 is 25.3 Å². The van der Waals surface area contributed by atoms with Gasteiger partial charge in [-0.15, -0.1) is 0 Å². The van der Waals surface area contributed by atoms with Gasteiger partial charge in [0.2, 0.25) is 6.41 Å². The number of aromatic nitrogens is 2. The molecule has 166 valence electrons. The predicted octanol–water partition coefficient (Wildman–Crippen LogP) is 3.89. The molecule has 2 heterocycles. The summed E-state index contributed by atoms with van der Waals surface area (Å²) in [4.78, 5) is 33.5. The minimum atomic E-state index is -0.223. The molecule has 0 radical (unpaired) electrons. The van der Waals surface area contributed by atoms with E-state index in [-0.39, 0.29) is 5.91 Å². The van der Waals surface area contributed by atoms with Crippen molar-refractivity contribution >= 4 is 40.4 Å². The van der Waals surface area contributed by atoms with Gasteiger partial charge in [-0.05, 0) is 66.7 Å². The fourth-order valence-corrected chi connectivity index (χ4v) is 3.86. The molecule has 0 atom stereocenters. The summed E-state index contributed by atoms with van der Waals surface area (Å²) < 4.78 is 5.42. The molecule has 8 heteroatoms. The van der Waals surface area contributed by atoms with E-state index in [0.29, 0.717) is 23.3 Å². The first kappa shape index (κ1) is 20.7. The molecule has 3 aromatic carbocycles. The van der Waals surface area contributed by atoms with Crippen LogP contribution in [0.5, 0.6) is 0 Å². The number of ether oxygens (including phenoxy) is 1. The van der Waals surface area contributed by atoms with Gasteiger partial charge in [-0.2, -0.15) is 0 Å². The number of nitrogens with zero attached hydrogens (tertiary/aromatic N) is 2. The van der Waals surface area contributed by atoms with Crippen LogP contribution in [0, 0.1) is 0 Å². The van der Waals surface area contributed by atoms with Crippen molar-refractivity contribution in [1.82, 2.24) is 9.97 Å². The van der Waals surface area contributed by atoms with E-state index in [4.69, 9.17) is 4.74 Å². The summed E-state index contributed by atoms with van der Waals surface area (Å²) in [5.74, 6) is 0.536. The standard InChI is InChI=1S/C25H23N5O3/c31-16-26-19-4-6-20(7-5-19)27-25(32)18-3-10-22-23(15-18)29-24(28-22)17-1-8-21(9-2-17)30-11-13-33-14-12-30/h1-10,15-16H,11-14H2,(H,26,31)(H,27,32)(H,28,29). The summed E-state index contributed by atoms with van der Waals surface area (Å²) in [6, 6.07) is 20.6. The maximum atomic E-state index is 12.7. The Balaban J connectivity index is 1.32. The molecule has 2 amide bonds. The minimum Gasteiger partial charge on any atom is -0.378 e. The normalized spacial score (nSPS) is 13.6. The Kier molecular flexibility index (Phi) is 5.73. The Morgan fingerprint density at radius 2 is 1.70 bits per heavy atom. The monoisotopic (exact) mass is 441 g/mol. The highest BCUT2D eigenvalue weighted by Crippen LogP contribution is 2.25. The summed E-state index contributed by atoms with van der Waals surface area (Å²) in [5, 5.41) is 5.43. The predicted molar refractivity (Wildman–Crippen MR) is 129 cm³/mol. The number of benzene rings is 3. The van der Waals surface area contributed by atoms with Gasteiger partial charge in [-0.3, -0.25) is 9.59 Å². The molecule has 0 spiro atoms. The zero-order valence-corrected chi connectivity index (χ0v) is 17.9. The number of H-pyrrole nitrogens is 1. The molecular weight excluding hydrogens is 418 g/mol. The number of hydrogen-bond donors (Lipinski definition) is 3. The molecule has 3 N–H and O–H groups in total. The van der Waals surface area contributed by atoms with E-state index in [0.717, 1.165) is 48.7 Å². The third-order valence-electron chi connectivity index (χ3n) is 5.63. The number of anilines is 3. The first-order valence-corrected chi connectivity index (χ1v) is 10.7. The first-order chi connectivity index (χ1) is 16.2. The van der Waals surface area contributed by atoms with Crippen LogP contribution in [0.1, 0.15) is 10.4 Å². The van der Waals surface area contributed by atoms with Crippen molar-refractivity contribution < 1.29 is 14.3 Å². The van der Waals surface area contributed by atoms with Crippen LogP contribution in [0.2, 0.25) is 0 Å². The van der Waals surface area contributed by atoms with Crippen LogP contribution in [0.4, 0.5) is 17.1 Å². The quantitative estimate of drug-likeness (QED) is 0.394. The Morgan fingerprint density at radius 3 is 2.42 bits per heavy atom. The first-order valence-electron chi connectivity index (χ1n) is 10.7. The number of hydrogen-bond acceptors (Lipinski definition) is 5. The molecule has 1 fully saturated rings. The fourth-order valence-electron chi connectivity index (χ4n) is 3.86. The number of rotatable bonds is 6. The maximum Gasteiger partial charge on any atom is 0.255 e. The van der Waals surface area contributed by atoms with Crippen molar-refractivity contribution in [2.24, 2.45) is 0 Å². The Bertz CT molecular complexity index is 1280. The molecule has 4 aromatic rings. The van der Waals surface area contributed by atoms with Crippen LogP contribution in [0.3, 0.4) is 0 Å². The topological polar surface area (TPSA) is 99.3 Å². The molecule has 8 nitrogen and oxygen atoms in total. The third-order valence-corrected chi connectivity index (χ3v) is 5.63. The maximum absolute atomic E-state index is 12.7. The Labute approximate surface area is 190 Å². The molecule has 0 bridgehead atoms. The molecule has 5 rings (SSSR count). The van der Waals surface area contributed by atoms with Gasteiger partial charge >= 0.3 is 0 Å². The number of carbonyl (C=O) groups excluding carboxylic acids is 2. The number of fused-ring (bicyclic) bond motifs is 1. The van der Waals surface area contributed by atoms with Gasteiger partial charge in [0, 0.05) is 41.3 Å². The zero-order valence-electron chi connectivity index (χ0n) is 17.9. The SMILES string of the molecule is O=CNc1ccc(NC(=O)c2ccc3nc(-c4ccc(N5CCOCC5)cc4)[nH]c3c2)cc1. The molecule has 0 unspecified atom stereocenters. The van der Waals surface area contributed by atoms with Crippen molar-refractivity contribution in [3.63, 3.8) is 0 Å². The third kappa shape index (κ3) is 4.56. The average Bonchev–Trinajstić information content (AvgIpc) is 3.29. The van der Waals surface area contributed by atoms with E-state index in [1.807, 2.05) is 6.07 Å². The van der Waals surface area contributed by atoms with E-state index in [1.54, 1.807) is 36.4 Å². The zero-order chi connectivity index (χ0) is 22.6. The molecule has 1 aliphatic heterocycles. The molecule has 0 aliphatic carbocycles. The molecule has 33 heavy (non-hydrogen) atoms. The Hall–Kier alpha value is -4.17. The number of morpholine rings is 1. The van der Waals surface area contributed by atoms with E-state index in [1.165, 1.54) is 5.69 Å². The molecule has 1 aliphatic rings. The van der Waals surface area contributed by atoms with Crippen LogP contribution < -0.4 is 15.5 Å². The highest BCUT2D eigenvalue weighted by atomic mass is 16.5. The summed E-state index contributed by atoms with van der Waals surface area (Å²) in [6.07, 6.45) is 0.611. The van der Waals surface area contributed by atoms with Crippen LogP contribution in [-0.4, -0.2) is 48.6 Å². The van der Waals surface area contributed by atoms with E-state index >= 15 is 0 Å². The molecule has 1 aromatic heterocycles. The highest BCUT2D eigenvalue weighted by Gasteiger charge is 2.13. The van der Waals surface area contributed by atoms with Crippen molar-refractivity contribution in [3.05, 3.63) is 72.3 Å². The van der Waals surface area contributed by atoms with Crippen molar-refractivity contribution in [2.45, 2.75) is 0 Å². The fraction of sp³-hybridized carbons (Fsp3) is 0.160. The summed E-state index contributed by atoms with van der Waals surface area (Å²) >= 11 is 0. The number of aromatic amines is 1. The van der Waals surface area contributed by atoms with Crippen molar-refractivity contribution in [2.75, 3.05) is 41.8 Å². The van der Waals surface area contributed by atoms with Crippen LogP contribution in [0.15, 0.2) is 66.7 Å². The highest BCUT2D eigenvalue weighted by molar-refractivity contribution is 6.06. The van der Waals surface area contributed by atoms with Gasteiger partial charge in [0.1, 0.15) is 5.82 Å². The van der Waals surface area contributed by atoms with E-state index < -0.39 is 0 Å². The number of amides is 2. The van der Waals surface area contributed by atoms with Gasteiger partial charge in [0.15, 0.2) is 0 Å². The summed E-state index contributed by atoms with van der Waals surface area (Å²) in [5.41, 5.74) is 5.57. The lowest BCUT2D eigenvalue weighted by Gasteiger charge is -2.28. The second-order valence-electron chi connectivity index (χ2n) is 7.76. The number of imidazole rings is 1. The van der Waals surface area contributed by atoms with Crippen molar-refractivity contribution in [1.29, 1.82) is 0 Å². The molecule has 0 saturated carbocycles. The van der Waals surface area contributed by atoms with E-state index in [2.05, 4.69) is 49.8 Å². The Morgan fingerprint density at radius 1 is 0.970 bits per heavy atom. The van der Waals surface area contributed by atoms with Gasteiger partial charge in [0.25, 0.3) is 5.91 Å². The lowest BCUT2D eigenvalue weighted by Crippen LogP contribution is -2.36. The summed E-state index contributed by atoms with van der Waals surface area (Å²) in [6.45, 7) is 3.30. The second kappa shape index (κ2) is 9.13. The molecular formula is C25H23N5O3. The van der Waals surface area contributed by atoms with E-state index in [9.17, 15) is 9.59 Å². The summed E-state index contributed by atoms with van der Waals surface area (Å²) in [7, 11) is 0. The number of carbonyl (C=O) groups is 2. The minimum absolute atomic E-state index is 0.223. The van der Waals surface area contributed by atoms with Crippen LogP contribution in [0.25, 0.3) is 22.4 Å². The smallest absolute Gasteiger partial charge is 0.255 e. The lowest BCUT2D eigenvalue weighted by molar-refractivity contribution is -0.105.